The average Bonchev–Trinajstić information content (AvgIpc) is 3.15. The summed E-state index contributed by atoms with van der Waals surface area (Å²) in [7, 11) is 0. The summed E-state index contributed by atoms with van der Waals surface area (Å²) in [6.45, 7) is 4.92. The number of ether oxygens (including phenoxy) is 2. The third kappa shape index (κ3) is 1.13. The molecule has 0 aromatic rings. The second kappa shape index (κ2) is 3.42. The normalized spacial score (nSPS) is 58.9. The van der Waals surface area contributed by atoms with Gasteiger partial charge in [0.2, 0.25) is 0 Å². The fourth-order valence-corrected chi connectivity index (χ4v) is 5.03. The number of epoxide rings is 1. The molecule has 0 amide bonds. The SMILES string of the molecule is CC1=C[C@H]2O[C@@H]3C[C@@H](O)[C@](C)([C@@]2(CO)CC1)[C@@]31CO1. The molecule has 106 valence electrons. The van der Waals surface area contributed by atoms with Crippen molar-refractivity contribution in [3.8, 4) is 0 Å². The Balaban J connectivity index is 1.89. The molecule has 2 aliphatic heterocycles. The zero-order valence-electron chi connectivity index (χ0n) is 11.6. The van der Waals surface area contributed by atoms with Crippen molar-refractivity contribution >= 4 is 0 Å². The minimum Gasteiger partial charge on any atom is -0.396 e. The number of fused-ring (bicyclic) bond motifs is 2. The van der Waals surface area contributed by atoms with Gasteiger partial charge in [-0.1, -0.05) is 18.6 Å². The number of aliphatic hydroxyl groups excluding tert-OH is 2. The minimum absolute atomic E-state index is 0.0284. The molecule has 2 heterocycles. The summed E-state index contributed by atoms with van der Waals surface area (Å²) in [6, 6.07) is 0. The third-order valence-corrected chi connectivity index (χ3v) is 6.53. The van der Waals surface area contributed by atoms with Crippen LogP contribution in [0.3, 0.4) is 0 Å². The van der Waals surface area contributed by atoms with E-state index in [1.807, 2.05) is 0 Å². The molecule has 3 fully saturated rings. The van der Waals surface area contributed by atoms with Gasteiger partial charge in [-0.15, -0.1) is 0 Å². The van der Waals surface area contributed by atoms with Crippen LogP contribution in [0.5, 0.6) is 0 Å². The number of rotatable bonds is 1. The van der Waals surface area contributed by atoms with Crippen LogP contribution >= 0.6 is 0 Å². The summed E-state index contributed by atoms with van der Waals surface area (Å²) >= 11 is 0. The summed E-state index contributed by atoms with van der Waals surface area (Å²) in [5.41, 5.74) is 0.152. The zero-order valence-corrected chi connectivity index (χ0v) is 11.6. The van der Waals surface area contributed by atoms with Crippen LogP contribution in [0.1, 0.15) is 33.1 Å². The Morgan fingerprint density at radius 3 is 2.84 bits per heavy atom. The van der Waals surface area contributed by atoms with Crippen LogP contribution in [0, 0.1) is 10.8 Å². The van der Waals surface area contributed by atoms with E-state index in [1.54, 1.807) is 0 Å². The van der Waals surface area contributed by atoms with Crippen LogP contribution in [-0.2, 0) is 9.47 Å². The third-order valence-electron chi connectivity index (χ3n) is 6.53. The topological polar surface area (TPSA) is 62.2 Å². The number of aliphatic hydroxyl groups is 2. The van der Waals surface area contributed by atoms with E-state index in [-0.39, 0.29) is 24.4 Å². The van der Waals surface area contributed by atoms with Crippen LogP contribution in [0.15, 0.2) is 11.6 Å². The lowest BCUT2D eigenvalue weighted by Crippen LogP contribution is -2.66. The van der Waals surface area contributed by atoms with Gasteiger partial charge in [-0.3, -0.25) is 0 Å². The molecule has 4 rings (SSSR count). The summed E-state index contributed by atoms with van der Waals surface area (Å²) < 4.78 is 12.0. The molecule has 2 saturated heterocycles. The highest BCUT2D eigenvalue weighted by atomic mass is 16.6. The Bertz CT molecular complexity index is 455. The first-order chi connectivity index (χ1) is 9.00. The first kappa shape index (κ1) is 12.3. The fraction of sp³-hybridized carbons (Fsp3) is 0.867. The lowest BCUT2D eigenvalue weighted by molar-refractivity contribution is -0.225. The van der Waals surface area contributed by atoms with E-state index in [9.17, 15) is 10.2 Å². The smallest absolute Gasteiger partial charge is 0.126 e. The minimum atomic E-state index is -0.455. The molecule has 0 radical (unpaired) electrons. The van der Waals surface area contributed by atoms with Crippen molar-refractivity contribution in [2.45, 2.75) is 57.0 Å². The summed E-state index contributed by atoms with van der Waals surface area (Å²) in [4.78, 5) is 0. The van der Waals surface area contributed by atoms with Gasteiger partial charge in [0.15, 0.2) is 0 Å². The van der Waals surface area contributed by atoms with Gasteiger partial charge in [0.25, 0.3) is 0 Å². The van der Waals surface area contributed by atoms with Crippen LogP contribution in [0.25, 0.3) is 0 Å². The van der Waals surface area contributed by atoms with E-state index in [0.717, 1.165) is 12.8 Å². The zero-order chi connectivity index (χ0) is 13.5. The maximum absolute atomic E-state index is 10.6. The van der Waals surface area contributed by atoms with Gasteiger partial charge < -0.3 is 19.7 Å². The van der Waals surface area contributed by atoms with Crippen LogP contribution in [-0.4, -0.2) is 47.3 Å². The summed E-state index contributed by atoms with van der Waals surface area (Å²) in [6.07, 6.45) is 4.03. The van der Waals surface area contributed by atoms with Crippen molar-refractivity contribution in [3.63, 3.8) is 0 Å². The molecule has 4 heteroatoms. The molecule has 6 atom stereocenters. The quantitative estimate of drug-likeness (QED) is 0.549. The van der Waals surface area contributed by atoms with Crippen molar-refractivity contribution in [1.82, 2.24) is 0 Å². The summed E-state index contributed by atoms with van der Waals surface area (Å²) in [5, 5.41) is 20.8. The molecule has 2 aliphatic carbocycles. The van der Waals surface area contributed by atoms with Crippen LogP contribution in [0.4, 0.5) is 0 Å². The lowest BCUT2D eigenvalue weighted by Gasteiger charge is -2.58. The largest absolute Gasteiger partial charge is 0.396 e. The van der Waals surface area contributed by atoms with Gasteiger partial charge >= 0.3 is 0 Å². The standard InChI is InChI=1S/C15H22O4/c1-9-3-4-14(7-16)11(5-9)19-12-6-10(17)13(14,2)15(12)8-18-15/h5,10-12,16-17H,3-4,6-8H2,1-2H3/t10-,11-,12-,13-,14-,15-/m1/s1. The molecule has 2 N–H and O–H groups in total. The van der Waals surface area contributed by atoms with Crippen LogP contribution in [0.2, 0.25) is 0 Å². The maximum atomic E-state index is 10.6. The van der Waals surface area contributed by atoms with E-state index >= 15 is 0 Å². The van der Waals surface area contributed by atoms with Crippen molar-refractivity contribution in [3.05, 3.63) is 11.6 Å². The first-order valence-corrected chi connectivity index (χ1v) is 7.26. The highest BCUT2D eigenvalue weighted by Gasteiger charge is 2.81. The molecule has 2 bridgehead atoms. The lowest BCUT2D eigenvalue weighted by atomic mass is 9.51. The molecular formula is C15H22O4. The second-order valence-electron chi connectivity index (χ2n) is 7.00. The van der Waals surface area contributed by atoms with Gasteiger partial charge in [-0.25, -0.2) is 0 Å². The van der Waals surface area contributed by atoms with E-state index in [0.29, 0.717) is 13.0 Å². The van der Waals surface area contributed by atoms with E-state index < -0.39 is 16.9 Å². The molecule has 1 spiro atoms. The number of allylic oxidation sites excluding steroid dienone is 1. The molecule has 0 aromatic heterocycles. The second-order valence-corrected chi connectivity index (χ2v) is 7.00. The Morgan fingerprint density at radius 2 is 2.21 bits per heavy atom. The molecule has 0 unspecified atom stereocenters. The molecule has 1 saturated carbocycles. The predicted octanol–water partition coefficient (Wildman–Crippen LogP) is 1.01. The average molecular weight is 266 g/mol. The molecule has 19 heavy (non-hydrogen) atoms. The number of hydrogen-bond donors (Lipinski definition) is 2. The molecular weight excluding hydrogens is 244 g/mol. The molecule has 4 nitrogen and oxygen atoms in total. The maximum Gasteiger partial charge on any atom is 0.126 e. The van der Waals surface area contributed by atoms with Crippen molar-refractivity contribution in [2.75, 3.05) is 13.2 Å². The molecule has 4 aliphatic rings. The highest BCUT2D eigenvalue weighted by Crippen LogP contribution is 2.71. The summed E-state index contributed by atoms with van der Waals surface area (Å²) in [5.74, 6) is 0. The monoisotopic (exact) mass is 266 g/mol. The van der Waals surface area contributed by atoms with Gasteiger partial charge in [0.1, 0.15) is 5.60 Å². The van der Waals surface area contributed by atoms with E-state index in [2.05, 4.69) is 19.9 Å². The predicted molar refractivity (Wildman–Crippen MR) is 68.6 cm³/mol. The van der Waals surface area contributed by atoms with Crippen molar-refractivity contribution in [2.24, 2.45) is 10.8 Å². The first-order valence-electron chi connectivity index (χ1n) is 7.26. The number of hydrogen-bond acceptors (Lipinski definition) is 4. The van der Waals surface area contributed by atoms with Gasteiger partial charge in [0, 0.05) is 17.3 Å². The Morgan fingerprint density at radius 1 is 1.47 bits per heavy atom. The Labute approximate surface area is 113 Å². The van der Waals surface area contributed by atoms with Crippen molar-refractivity contribution < 1.29 is 19.7 Å². The van der Waals surface area contributed by atoms with Crippen LogP contribution < -0.4 is 0 Å². The Hall–Kier alpha value is -0.420. The van der Waals surface area contributed by atoms with Crippen molar-refractivity contribution in [1.29, 1.82) is 0 Å². The van der Waals surface area contributed by atoms with Gasteiger partial charge in [-0.2, -0.15) is 0 Å². The fourth-order valence-electron chi connectivity index (χ4n) is 5.03. The highest BCUT2D eigenvalue weighted by molar-refractivity contribution is 5.32. The van der Waals surface area contributed by atoms with E-state index in [1.165, 1.54) is 5.57 Å². The van der Waals surface area contributed by atoms with E-state index in [4.69, 9.17) is 9.47 Å². The Kier molecular flexibility index (Phi) is 2.22. The molecule has 0 aromatic carbocycles. The van der Waals surface area contributed by atoms with Gasteiger partial charge in [0.05, 0.1) is 31.5 Å². The van der Waals surface area contributed by atoms with Gasteiger partial charge in [-0.05, 0) is 19.8 Å².